The molecule has 1 aromatic carbocycles. The summed E-state index contributed by atoms with van der Waals surface area (Å²) in [6.45, 7) is 4.36. The minimum Gasteiger partial charge on any atom is -0.383 e. The number of likely N-dealkylation sites (tertiary alicyclic amines) is 1. The van der Waals surface area contributed by atoms with Gasteiger partial charge >= 0.3 is 11.8 Å². The molecule has 1 saturated heterocycles. The van der Waals surface area contributed by atoms with Gasteiger partial charge in [-0.2, -0.15) is 0 Å². The van der Waals surface area contributed by atoms with E-state index in [-0.39, 0.29) is 0 Å². The van der Waals surface area contributed by atoms with E-state index in [2.05, 4.69) is 29.3 Å². The molecule has 7 heteroatoms. The molecule has 1 fully saturated rings. The zero-order valence-corrected chi connectivity index (χ0v) is 17.5. The number of anilines is 2. The van der Waals surface area contributed by atoms with Crippen LogP contribution in [0.15, 0.2) is 42.6 Å². The van der Waals surface area contributed by atoms with Crippen molar-refractivity contribution in [3.63, 3.8) is 0 Å². The van der Waals surface area contributed by atoms with Crippen molar-refractivity contribution < 1.29 is 9.59 Å². The third-order valence-corrected chi connectivity index (χ3v) is 5.86. The predicted octanol–water partition coefficient (Wildman–Crippen LogP) is 2.38. The van der Waals surface area contributed by atoms with E-state index in [1.54, 1.807) is 17.9 Å². The summed E-state index contributed by atoms with van der Waals surface area (Å²) < 4.78 is 0. The fourth-order valence-electron chi connectivity index (χ4n) is 3.99. The van der Waals surface area contributed by atoms with Crippen molar-refractivity contribution in [1.29, 1.82) is 0 Å². The molecule has 2 heterocycles. The first-order valence-electron chi connectivity index (χ1n) is 9.79. The Morgan fingerprint density at radius 1 is 1.28 bits per heavy atom. The van der Waals surface area contributed by atoms with Crippen LogP contribution in [0.3, 0.4) is 0 Å². The number of aromatic nitrogens is 1. The van der Waals surface area contributed by atoms with Crippen molar-refractivity contribution in [2.45, 2.75) is 38.3 Å². The third-order valence-electron chi connectivity index (χ3n) is 5.86. The third kappa shape index (κ3) is 4.24. The van der Waals surface area contributed by atoms with Crippen LogP contribution in [0.1, 0.15) is 30.9 Å². The van der Waals surface area contributed by atoms with Crippen molar-refractivity contribution in [3.8, 4) is 0 Å². The van der Waals surface area contributed by atoms with Gasteiger partial charge in [-0.1, -0.05) is 30.3 Å². The van der Waals surface area contributed by atoms with Crippen LogP contribution in [0.25, 0.3) is 0 Å². The Labute approximate surface area is 171 Å². The summed E-state index contributed by atoms with van der Waals surface area (Å²) in [5.74, 6) is -0.804. The summed E-state index contributed by atoms with van der Waals surface area (Å²) in [6.07, 6.45) is 3.03. The number of rotatable bonds is 3. The number of nitrogen functional groups attached to an aromatic ring is 1. The van der Waals surface area contributed by atoms with E-state index in [1.165, 1.54) is 6.20 Å². The molecule has 3 rings (SSSR count). The number of amides is 2. The summed E-state index contributed by atoms with van der Waals surface area (Å²) in [7, 11) is 4.10. The molecule has 29 heavy (non-hydrogen) atoms. The number of nitrogens with one attached hydrogen (secondary N) is 1. The number of aryl methyl sites for hydroxylation is 1. The molecule has 0 spiro atoms. The molecule has 0 bridgehead atoms. The maximum absolute atomic E-state index is 13.2. The first-order chi connectivity index (χ1) is 13.7. The monoisotopic (exact) mass is 395 g/mol. The average molecular weight is 396 g/mol. The number of piperidine rings is 1. The Bertz CT molecular complexity index is 899. The van der Waals surface area contributed by atoms with E-state index < -0.39 is 17.4 Å². The molecular weight excluding hydrogens is 366 g/mol. The normalized spacial score (nSPS) is 21.8. The minimum atomic E-state index is -0.665. The van der Waals surface area contributed by atoms with E-state index >= 15 is 0 Å². The minimum absolute atomic E-state index is 0.330. The van der Waals surface area contributed by atoms with Crippen molar-refractivity contribution in [1.82, 2.24) is 14.8 Å². The molecule has 0 saturated carbocycles. The highest BCUT2D eigenvalue weighted by molar-refractivity contribution is 6.39. The Hall–Kier alpha value is -2.93. The van der Waals surface area contributed by atoms with Gasteiger partial charge in [-0.25, -0.2) is 4.98 Å². The molecule has 2 atom stereocenters. The maximum Gasteiger partial charge on any atom is 0.313 e. The van der Waals surface area contributed by atoms with Crippen LogP contribution >= 0.6 is 0 Å². The zero-order valence-electron chi connectivity index (χ0n) is 17.5. The van der Waals surface area contributed by atoms with Crippen molar-refractivity contribution >= 4 is 23.3 Å². The summed E-state index contributed by atoms with van der Waals surface area (Å²) in [4.78, 5) is 33.9. The second-order valence-electron chi connectivity index (χ2n) is 8.09. The molecule has 0 unspecified atom stereocenters. The topological polar surface area (TPSA) is 91.6 Å². The summed E-state index contributed by atoms with van der Waals surface area (Å²) in [5.41, 5.74) is 7.39. The Morgan fingerprint density at radius 2 is 1.97 bits per heavy atom. The SMILES string of the molecule is Cc1cc(NC(=O)C(=O)N2CC[C@@H](N(C)C)C[C@@]2(C)c2ccccc2)cnc1N. The van der Waals surface area contributed by atoms with Gasteiger partial charge in [-0.15, -0.1) is 0 Å². The Balaban J connectivity index is 1.86. The Kier molecular flexibility index (Phi) is 5.88. The largest absolute Gasteiger partial charge is 0.383 e. The van der Waals surface area contributed by atoms with Gasteiger partial charge in [0.05, 0.1) is 17.4 Å². The average Bonchev–Trinajstić information content (AvgIpc) is 2.70. The molecular formula is C22H29N5O2. The number of nitrogens with two attached hydrogens (primary N) is 1. The predicted molar refractivity (Wildman–Crippen MR) is 114 cm³/mol. The van der Waals surface area contributed by atoms with Crippen LogP contribution in [0.2, 0.25) is 0 Å². The molecule has 1 aromatic heterocycles. The van der Waals surface area contributed by atoms with Gasteiger partial charge in [0.2, 0.25) is 0 Å². The van der Waals surface area contributed by atoms with Gasteiger partial charge < -0.3 is 20.9 Å². The molecule has 2 aromatic rings. The van der Waals surface area contributed by atoms with Gasteiger partial charge in [0.1, 0.15) is 5.82 Å². The van der Waals surface area contributed by atoms with Gasteiger partial charge in [-0.3, -0.25) is 9.59 Å². The highest BCUT2D eigenvalue weighted by Gasteiger charge is 2.44. The van der Waals surface area contributed by atoms with Gasteiger partial charge in [-0.05, 0) is 58.0 Å². The maximum atomic E-state index is 13.2. The van der Waals surface area contributed by atoms with Crippen LogP contribution in [-0.4, -0.2) is 53.3 Å². The summed E-state index contributed by atoms with van der Waals surface area (Å²) in [6, 6.07) is 12.0. The van der Waals surface area contributed by atoms with E-state index in [1.807, 2.05) is 37.3 Å². The quantitative estimate of drug-likeness (QED) is 0.779. The van der Waals surface area contributed by atoms with Crippen LogP contribution < -0.4 is 11.1 Å². The van der Waals surface area contributed by atoms with E-state index in [9.17, 15) is 9.59 Å². The molecule has 1 aliphatic rings. The number of nitrogens with zero attached hydrogens (tertiary/aromatic N) is 3. The number of pyridine rings is 1. The Morgan fingerprint density at radius 3 is 2.59 bits per heavy atom. The molecule has 1 aliphatic heterocycles. The number of carbonyl (C=O) groups excluding carboxylic acids is 2. The van der Waals surface area contributed by atoms with Crippen molar-refractivity contribution in [3.05, 3.63) is 53.7 Å². The second kappa shape index (κ2) is 8.21. The highest BCUT2D eigenvalue weighted by Crippen LogP contribution is 2.38. The van der Waals surface area contributed by atoms with Gasteiger partial charge in [0, 0.05) is 12.6 Å². The molecule has 7 nitrogen and oxygen atoms in total. The second-order valence-corrected chi connectivity index (χ2v) is 8.09. The molecule has 0 radical (unpaired) electrons. The van der Waals surface area contributed by atoms with Crippen LogP contribution in [0.4, 0.5) is 11.5 Å². The summed E-state index contributed by atoms with van der Waals surface area (Å²) in [5, 5.41) is 2.67. The standard InChI is InChI=1S/C22H29N5O2/c1-15-12-17(14-24-19(15)23)25-20(28)21(29)27-11-10-18(26(3)4)13-22(27,2)16-8-6-5-7-9-16/h5-9,12,14,18H,10-11,13H2,1-4H3,(H2,23,24)(H,25,28)/t18-,22+/m1/s1. The fourth-order valence-corrected chi connectivity index (χ4v) is 3.99. The first-order valence-corrected chi connectivity index (χ1v) is 9.79. The number of hydrogen-bond donors (Lipinski definition) is 2. The lowest BCUT2D eigenvalue weighted by Crippen LogP contribution is -2.58. The van der Waals surface area contributed by atoms with Crippen molar-refractivity contribution in [2.75, 3.05) is 31.7 Å². The lowest BCUT2D eigenvalue weighted by atomic mass is 9.79. The van der Waals surface area contributed by atoms with E-state index in [4.69, 9.17) is 5.73 Å². The fraction of sp³-hybridized carbons (Fsp3) is 0.409. The van der Waals surface area contributed by atoms with Crippen LogP contribution in [0, 0.1) is 6.92 Å². The lowest BCUT2D eigenvalue weighted by Gasteiger charge is -2.49. The number of benzene rings is 1. The van der Waals surface area contributed by atoms with E-state index in [0.717, 1.165) is 24.0 Å². The van der Waals surface area contributed by atoms with Gasteiger partial charge in [0.25, 0.3) is 0 Å². The molecule has 3 N–H and O–H groups in total. The van der Waals surface area contributed by atoms with Gasteiger partial charge in [0.15, 0.2) is 0 Å². The van der Waals surface area contributed by atoms with Crippen LogP contribution in [0.5, 0.6) is 0 Å². The van der Waals surface area contributed by atoms with E-state index in [0.29, 0.717) is 24.1 Å². The lowest BCUT2D eigenvalue weighted by molar-refractivity contribution is -0.150. The number of carbonyl (C=O) groups is 2. The first kappa shape index (κ1) is 20.8. The van der Waals surface area contributed by atoms with Crippen LogP contribution in [-0.2, 0) is 15.1 Å². The van der Waals surface area contributed by atoms with Crippen molar-refractivity contribution in [2.24, 2.45) is 0 Å². The molecule has 154 valence electrons. The smallest absolute Gasteiger partial charge is 0.313 e. The molecule has 2 amide bonds. The number of hydrogen-bond acceptors (Lipinski definition) is 5. The highest BCUT2D eigenvalue weighted by atomic mass is 16.2. The molecule has 0 aliphatic carbocycles. The summed E-state index contributed by atoms with van der Waals surface area (Å²) >= 11 is 0. The zero-order chi connectivity index (χ0) is 21.2.